The van der Waals surface area contributed by atoms with Crippen molar-refractivity contribution in [3.8, 4) is 0 Å². The number of likely N-dealkylation sites (tertiary alicyclic amines) is 1. The Morgan fingerprint density at radius 3 is 2.21 bits per heavy atom. The van der Waals surface area contributed by atoms with Gasteiger partial charge in [-0.3, -0.25) is 4.90 Å². The van der Waals surface area contributed by atoms with Gasteiger partial charge in [-0.05, 0) is 51.2 Å². The monoisotopic (exact) mass is 259 g/mol. The van der Waals surface area contributed by atoms with Gasteiger partial charge in [-0.25, -0.2) is 4.98 Å². The molecule has 0 unspecified atom stereocenters. The molecular formula is C16H25N3. The average Bonchev–Trinajstić information content (AvgIpc) is 2.19. The van der Waals surface area contributed by atoms with Gasteiger partial charge in [-0.2, -0.15) is 0 Å². The van der Waals surface area contributed by atoms with Crippen LogP contribution >= 0.6 is 0 Å². The first kappa shape index (κ1) is 12.9. The van der Waals surface area contributed by atoms with Crippen LogP contribution in [0.4, 0.5) is 5.82 Å². The molecular weight excluding hydrogens is 234 g/mol. The fraction of sp³-hybridized carbons (Fsp3) is 0.688. The van der Waals surface area contributed by atoms with Gasteiger partial charge in [-0.15, -0.1) is 0 Å². The van der Waals surface area contributed by atoms with E-state index in [0.29, 0.717) is 5.54 Å². The van der Waals surface area contributed by atoms with Gasteiger partial charge in [-0.1, -0.05) is 6.07 Å². The Hall–Kier alpha value is -1.09. The van der Waals surface area contributed by atoms with Crippen molar-refractivity contribution in [3.63, 3.8) is 0 Å². The number of hydrogen-bond donors (Lipinski definition) is 0. The molecule has 0 bridgehead atoms. The summed E-state index contributed by atoms with van der Waals surface area (Å²) in [6, 6.07) is 4.30. The molecule has 2 aliphatic rings. The molecule has 0 atom stereocenters. The number of anilines is 1. The molecule has 0 saturated carbocycles. The Balaban J connectivity index is 1.48. The summed E-state index contributed by atoms with van der Waals surface area (Å²) in [5.74, 6) is 2.93. The maximum Gasteiger partial charge on any atom is 0.128 e. The van der Waals surface area contributed by atoms with Crippen molar-refractivity contribution >= 4 is 5.82 Å². The summed E-state index contributed by atoms with van der Waals surface area (Å²) < 4.78 is 0. The van der Waals surface area contributed by atoms with E-state index in [-0.39, 0.29) is 0 Å². The van der Waals surface area contributed by atoms with E-state index in [1.807, 2.05) is 6.20 Å². The third kappa shape index (κ3) is 2.48. The summed E-state index contributed by atoms with van der Waals surface area (Å²) in [6.07, 6.45) is 1.97. The van der Waals surface area contributed by atoms with E-state index >= 15 is 0 Å². The Morgan fingerprint density at radius 1 is 1.05 bits per heavy atom. The van der Waals surface area contributed by atoms with Crippen molar-refractivity contribution in [2.75, 3.05) is 31.1 Å². The maximum atomic E-state index is 4.51. The normalized spacial score (nSPS) is 22.2. The molecule has 3 heteroatoms. The molecule has 3 nitrogen and oxygen atoms in total. The first-order chi connectivity index (χ1) is 8.93. The van der Waals surface area contributed by atoms with E-state index in [1.165, 1.54) is 31.7 Å². The van der Waals surface area contributed by atoms with Gasteiger partial charge >= 0.3 is 0 Å². The highest BCUT2D eigenvalue weighted by Gasteiger charge is 2.43. The van der Waals surface area contributed by atoms with E-state index in [1.54, 1.807) is 0 Å². The molecule has 3 rings (SSSR count). The van der Waals surface area contributed by atoms with E-state index in [0.717, 1.165) is 17.7 Å². The van der Waals surface area contributed by atoms with Gasteiger partial charge in [0.2, 0.25) is 0 Å². The van der Waals surface area contributed by atoms with Gasteiger partial charge in [0.05, 0.1) is 0 Å². The van der Waals surface area contributed by atoms with Gasteiger partial charge < -0.3 is 4.90 Å². The Labute approximate surface area is 116 Å². The van der Waals surface area contributed by atoms with Crippen LogP contribution in [-0.2, 0) is 0 Å². The average molecular weight is 259 g/mol. The summed E-state index contributed by atoms with van der Waals surface area (Å²) in [4.78, 5) is 9.50. The minimum atomic E-state index is 0.346. The third-order valence-corrected chi connectivity index (χ3v) is 4.65. The van der Waals surface area contributed by atoms with Crippen LogP contribution in [0.25, 0.3) is 0 Å². The predicted octanol–water partition coefficient (Wildman–Crippen LogP) is 2.56. The molecule has 0 aromatic carbocycles. The molecule has 3 heterocycles. The highest BCUT2D eigenvalue weighted by atomic mass is 15.3. The number of hydrogen-bond acceptors (Lipinski definition) is 3. The summed E-state index contributed by atoms with van der Waals surface area (Å²) in [5, 5.41) is 0. The van der Waals surface area contributed by atoms with Crippen LogP contribution in [0.2, 0.25) is 0 Å². The van der Waals surface area contributed by atoms with Crippen molar-refractivity contribution in [3.05, 3.63) is 23.9 Å². The Morgan fingerprint density at radius 2 is 1.68 bits per heavy atom. The van der Waals surface area contributed by atoms with E-state index < -0.39 is 0 Å². The molecule has 0 amide bonds. The van der Waals surface area contributed by atoms with Gasteiger partial charge in [0.25, 0.3) is 0 Å². The minimum Gasteiger partial charge on any atom is -0.356 e. The van der Waals surface area contributed by atoms with Crippen molar-refractivity contribution in [2.45, 2.75) is 33.2 Å². The molecule has 104 valence electrons. The second kappa shape index (κ2) is 4.48. The topological polar surface area (TPSA) is 19.4 Å². The van der Waals surface area contributed by atoms with Crippen molar-refractivity contribution in [1.82, 2.24) is 9.88 Å². The van der Waals surface area contributed by atoms with Crippen LogP contribution in [0, 0.1) is 18.8 Å². The van der Waals surface area contributed by atoms with Crippen LogP contribution < -0.4 is 4.90 Å². The summed E-state index contributed by atoms with van der Waals surface area (Å²) in [7, 11) is 0. The summed E-state index contributed by atoms with van der Waals surface area (Å²) >= 11 is 0. The van der Waals surface area contributed by atoms with Crippen LogP contribution in [-0.4, -0.2) is 41.6 Å². The van der Waals surface area contributed by atoms with Crippen LogP contribution in [0.15, 0.2) is 18.3 Å². The quantitative estimate of drug-likeness (QED) is 0.813. The molecule has 1 aromatic heterocycles. The lowest BCUT2D eigenvalue weighted by atomic mass is 9.78. The smallest absolute Gasteiger partial charge is 0.128 e. The third-order valence-electron chi connectivity index (χ3n) is 4.65. The molecule has 0 N–H and O–H groups in total. The standard InChI is InChI=1S/C16H25N3/c1-12-5-6-15(17-7-12)18-8-13(9-18)14-10-19(11-14)16(2,3)4/h5-7,13-14H,8-11H2,1-4H3. The molecule has 1 aromatic rings. The summed E-state index contributed by atoms with van der Waals surface area (Å²) in [5.41, 5.74) is 1.58. The first-order valence-electron chi connectivity index (χ1n) is 7.36. The van der Waals surface area contributed by atoms with E-state index in [9.17, 15) is 0 Å². The van der Waals surface area contributed by atoms with Crippen LogP contribution in [0.3, 0.4) is 0 Å². The van der Waals surface area contributed by atoms with Gasteiger partial charge in [0, 0.05) is 37.9 Å². The molecule has 0 spiro atoms. The number of pyridine rings is 1. The molecule has 2 saturated heterocycles. The molecule has 0 aliphatic carbocycles. The number of nitrogens with zero attached hydrogens (tertiary/aromatic N) is 3. The Kier molecular flexibility index (Phi) is 3.05. The zero-order chi connectivity index (χ0) is 13.6. The zero-order valence-electron chi connectivity index (χ0n) is 12.6. The molecule has 2 aliphatic heterocycles. The summed E-state index contributed by atoms with van der Waals surface area (Å²) in [6.45, 7) is 14.0. The molecule has 2 fully saturated rings. The number of aryl methyl sites for hydroxylation is 1. The van der Waals surface area contributed by atoms with Crippen molar-refractivity contribution in [1.29, 1.82) is 0 Å². The maximum absolute atomic E-state index is 4.51. The lowest BCUT2D eigenvalue weighted by molar-refractivity contribution is -0.0192. The van der Waals surface area contributed by atoms with Gasteiger partial charge in [0.1, 0.15) is 5.82 Å². The fourth-order valence-electron chi connectivity index (χ4n) is 3.00. The highest BCUT2D eigenvalue weighted by molar-refractivity contribution is 5.42. The largest absolute Gasteiger partial charge is 0.356 e. The van der Waals surface area contributed by atoms with Crippen LogP contribution in [0.5, 0.6) is 0 Å². The first-order valence-corrected chi connectivity index (χ1v) is 7.36. The number of aromatic nitrogens is 1. The second-order valence-electron chi connectivity index (χ2n) is 7.19. The zero-order valence-corrected chi connectivity index (χ0v) is 12.6. The minimum absolute atomic E-state index is 0.346. The van der Waals surface area contributed by atoms with E-state index in [2.05, 4.69) is 54.6 Å². The lowest BCUT2D eigenvalue weighted by Crippen LogP contribution is -2.63. The number of rotatable bonds is 2. The SMILES string of the molecule is Cc1ccc(N2CC(C3CN(C(C)(C)C)C3)C2)nc1. The van der Waals surface area contributed by atoms with Crippen molar-refractivity contribution in [2.24, 2.45) is 11.8 Å². The van der Waals surface area contributed by atoms with Crippen molar-refractivity contribution < 1.29 is 0 Å². The molecule has 0 radical (unpaired) electrons. The van der Waals surface area contributed by atoms with Crippen LogP contribution in [0.1, 0.15) is 26.3 Å². The van der Waals surface area contributed by atoms with Gasteiger partial charge in [0.15, 0.2) is 0 Å². The second-order valence-corrected chi connectivity index (χ2v) is 7.19. The molecule has 19 heavy (non-hydrogen) atoms. The predicted molar refractivity (Wildman–Crippen MR) is 79.5 cm³/mol. The van der Waals surface area contributed by atoms with E-state index in [4.69, 9.17) is 0 Å². The highest BCUT2D eigenvalue weighted by Crippen LogP contribution is 2.36. The lowest BCUT2D eigenvalue weighted by Gasteiger charge is -2.54. The fourth-order valence-corrected chi connectivity index (χ4v) is 3.00. The Bertz CT molecular complexity index is 434.